The summed E-state index contributed by atoms with van der Waals surface area (Å²) in [6, 6.07) is 5.87. The van der Waals surface area contributed by atoms with Crippen molar-refractivity contribution in [3.05, 3.63) is 30.0 Å². The molecule has 2 amide bonds. The highest BCUT2D eigenvalue weighted by Gasteiger charge is 2.55. The first-order chi connectivity index (χ1) is 20.3. The van der Waals surface area contributed by atoms with E-state index in [2.05, 4.69) is 60.2 Å². The molecule has 0 bridgehead atoms. The van der Waals surface area contributed by atoms with Gasteiger partial charge in [0.05, 0.1) is 24.4 Å². The molecule has 2 aromatic rings. The lowest BCUT2D eigenvalue weighted by atomic mass is 9.77. The SMILES string of the molecule is COc1cc(C(=O)NC2CC(C)(C)N(C)C(C)(C)C2)ccc1Nc1ncc2c(n1)N(C1CCCC1)CC1(CC1)C(=O)N2C. The normalized spacial score (nSPS) is 23.2. The summed E-state index contributed by atoms with van der Waals surface area (Å²) in [5.41, 5.74) is 1.63. The van der Waals surface area contributed by atoms with E-state index < -0.39 is 0 Å². The third-order valence-corrected chi connectivity index (χ3v) is 10.6. The van der Waals surface area contributed by atoms with Gasteiger partial charge in [0.15, 0.2) is 5.82 Å². The zero-order valence-corrected chi connectivity index (χ0v) is 26.8. The molecule has 1 aromatic carbocycles. The number of likely N-dealkylation sites (tertiary alicyclic amines) is 1. The van der Waals surface area contributed by atoms with Crippen LogP contribution in [0.2, 0.25) is 0 Å². The molecular formula is C33H47N7O3. The number of hydrogen-bond acceptors (Lipinski definition) is 8. The molecule has 2 N–H and O–H groups in total. The van der Waals surface area contributed by atoms with Gasteiger partial charge in [0.1, 0.15) is 11.4 Å². The number of fused-ring (bicyclic) bond motifs is 1. The molecule has 1 aromatic heterocycles. The van der Waals surface area contributed by atoms with Crippen molar-refractivity contribution in [1.29, 1.82) is 0 Å². The minimum atomic E-state index is -0.301. The number of aromatic nitrogens is 2. The minimum absolute atomic E-state index is 0.0201. The summed E-state index contributed by atoms with van der Waals surface area (Å²) in [4.78, 5) is 42.9. The zero-order chi connectivity index (χ0) is 30.7. The number of nitrogens with zero attached hydrogens (tertiary/aromatic N) is 5. The summed E-state index contributed by atoms with van der Waals surface area (Å²) in [6.07, 6.45) is 10.0. The first-order valence-electron chi connectivity index (χ1n) is 15.8. The lowest BCUT2D eigenvalue weighted by molar-refractivity contribution is -0.122. The van der Waals surface area contributed by atoms with Gasteiger partial charge < -0.3 is 25.2 Å². The Morgan fingerprint density at radius 3 is 2.35 bits per heavy atom. The number of piperidine rings is 1. The summed E-state index contributed by atoms with van der Waals surface area (Å²) in [7, 11) is 5.60. The molecule has 2 aliphatic heterocycles. The average Bonchev–Trinajstić information content (AvgIpc) is 3.57. The van der Waals surface area contributed by atoms with Gasteiger partial charge in [0.25, 0.3) is 5.91 Å². The Labute approximate surface area is 255 Å². The van der Waals surface area contributed by atoms with E-state index in [9.17, 15) is 9.59 Å². The molecule has 43 heavy (non-hydrogen) atoms. The van der Waals surface area contributed by atoms with E-state index in [4.69, 9.17) is 9.72 Å². The van der Waals surface area contributed by atoms with Crippen LogP contribution in [0.3, 0.4) is 0 Å². The summed E-state index contributed by atoms with van der Waals surface area (Å²) in [5.74, 6) is 1.83. The fraction of sp³-hybridized carbons (Fsp3) is 0.636. The summed E-state index contributed by atoms with van der Waals surface area (Å²) in [5, 5.41) is 6.60. The topological polar surface area (TPSA) is 103 Å². The predicted octanol–water partition coefficient (Wildman–Crippen LogP) is 5.12. The third kappa shape index (κ3) is 5.43. The summed E-state index contributed by atoms with van der Waals surface area (Å²) in [6.45, 7) is 9.63. The number of carbonyl (C=O) groups excluding carboxylic acids is 2. The van der Waals surface area contributed by atoms with Crippen LogP contribution in [-0.2, 0) is 4.79 Å². The van der Waals surface area contributed by atoms with E-state index in [0.29, 0.717) is 35.5 Å². The van der Waals surface area contributed by atoms with Gasteiger partial charge in [-0.05, 0) is 91.5 Å². The highest BCUT2D eigenvalue weighted by molar-refractivity contribution is 6.03. The average molecular weight is 590 g/mol. The lowest BCUT2D eigenvalue weighted by Gasteiger charge is -2.53. The molecule has 6 rings (SSSR count). The molecule has 0 atom stereocenters. The summed E-state index contributed by atoms with van der Waals surface area (Å²) < 4.78 is 5.71. The second-order valence-corrected chi connectivity index (χ2v) is 14.4. The Kier molecular flexibility index (Phi) is 7.34. The molecule has 10 nitrogen and oxygen atoms in total. The van der Waals surface area contributed by atoms with E-state index in [-0.39, 0.29) is 34.3 Å². The molecule has 3 fully saturated rings. The van der Waals surface area contributed by atoms with E-state index in [1.165, 1.54) is 12.8 Å². The molecule has 1 saturated heterocycles. The van der Waals surface area contributed by atoms with Gasteiger partial charge in [-0.15, -0.1) is 0 Å². The highest BCUT2D eigenvalue weighted by atomic mass is 16.5. The van der Waals surface area contributed by atoms with Gasteiger partial charge in [-0.3, -0.25) is 14.5 Å². The number of carbonyl (C=O) groups is 2. The maximum absolute atomic E-state index is 13.4. The molecule has 2 saturated carbocycles. The van der Waals surface area contributed by atoms with E-state index in [1.807, 2.05) is 19.2 Å². The molecule has 0 radical (unpaired) electrons. The van der Waals surface area contributed by atoms with Crippen LogP contribution < -0.4 is 25.2 Å². The molecule has 4 aliphatic rings. The first-order valence-corrected chi connectivity index (χ1v) is 15.8. The van der Waals surface area contributed by atoms with Gasteiger partial charge in [0.2, 0.25) is 11.9 Å². The summed E-state index contributed by atoms with van der Waals surface area (Å²) >= 11 is 0. The predicted molar refractivity (Wildman–Crippen MR) is 169 cm³/mol. The van der Waals surface area contributed by atoms with Crippen LogP contribution >= 0.6 is 0 Å². The number of ether oxygens (including phenoxy) is 1. The van der Waals surface area contributed by atoms with Crippen LogP contribution in [0.1, 0.15) is 89.4 Å². The largest absolute Gasteiger partial charge is 0.495 e. The molecule has 2 aliphatic carbocycles. The van der Waals surface area contributed by atoms with Crippen molar-refractivity contribution < 1.29 is 14.3 Å². The van der Waals surface area contributed by atoms with Crippen LogP contribution in [-0.4, -0.2) is 77.6 Å². The molecule has 10 heteroatoms. The second kappa shape index (κ2) is 10.6. The van der Waals surface area contributed by atoms with Crippen molar-refractivity contribution in [2.24, 2.45) is 5.41 Å². The van der Waals surface area contributed by atoms with Gasteiger partial charge in [-0.1, -0.05) is 12.8 Å². The maximum atomic E-state index is 13.4. The van der Waals surface area contributed by atoms with Crippen molar-refractivity contribution in [1.82, 2.24) is 20.2 Å². The van der Waals surface area contributed by atoms with Crippen molar-refractivity contribution in [2.45, 2.75) is 102 Å². The van der Waals surface area contributed by atoms with Crippen molar-refractivity contribution >= 4 is 35.0 Å². The van der Waals surface area contributed by atoms with Gasteiger partial charge >= 0.3 is 0 Å². The van der Waals surface area contributed by atoms with Crippen LogP contribution in [0, 0.1) is 5.41 Å². The van der Waals surface area contributed by atoms with E-state index in [0.717, 1.165) is 50.0 Å². The second-order valence-electron chi connectivity index (χ2n) is 14.4. The Balaban J connectivity index is 1.23. The molecule has 0 unspecified atom stereocenters. The van der Waals surface area contributed by atoms with Crippen molar-refractivity contribution in [3.8, 4) is 5.75 Å². The molecular weight excluding hydrogens is 542 g/mol. The number of amides is 2. The maximum Gasteiger partial charge on any atom is 0.251 e. The van der Waals surface area contributed by atoms with Crippen LogP contribution in [0.5, 0.6) is 5.75 Å². The number of benzene rings is 1. The Bertz CT molecular complexity index is 1400. The number of rotatable bonds is 6. The minimum Gasteiger partial charge on any atom is -0.495 e. The Hall–Kier alpha value is -3.40. The van der Waals surface area contributed by atoms with E-state index in [1.54, 1.807) is 24.3 Å². The highest BCUT2D eigenvalue weighted by Crippen LogP contribution is 2.52. The molecule has 232 valence electrons. The Morgan fingerprint density at radius 1 is 1.05 bits per heavy atom. The van der Waals surface area contributed by atoms with Gasteiger partial charge in [-0.2, -0.15) is 4.98 Å². The quantitative estimate of drug-likeness (QED) is 0.479. The van der Waals surface area contributed by atoms with Gasteiger partial charge in [-0.25, -0.2) is 4.98 Å². The van der Waals surface area contributed by atoms with Crippen LogP contribution in [0.4, 0.5) is 23.1 Å². The monoisotopic (exact) mass is 589 g/mol. The molecule has 3 heterocycles. The smallest absolute Gasteiger partial charge is 0.251 e. The standard InChI is InChI=1S/C33H47N7O3/c1-31(2)17-22(18-32(3,4)39(31)6)35-28(41)21-12-13-24(26(16-21)43-7)36-30-34-19-25-27(37-30)40(23-10-8-9-11-23)20-33(14-15-33)29(42)38(25)5/h12-13,16,19,22-23H,8-11,14-15,17-18,20H2,1-7H3,(H,35,41)(H,34,36,37). The fourth-order valence-electron chi connectivity index (χ4n) is 7.65. The van der Waals surface area contributed by atoms with E-state index >= 15 is 0 Å². The number of hydrogen-bond donors (Lipinski definition) is 2. The van der Waals surface area contributed by atoms with Crippen molar-refractivity contribution in [2.75, 3.05) is 42.9 Å². The zero-order valence-electron chi connectivity index (χ0n) is 26.8. The number of nitrogens with one attached hydrogen (secondary N) is 2. The Morgan fingerprint density at radius 2 is 1.72 bits per heavy atom. The lowest BCUT2D eigenvalue weighted by Crippen LogP contribution is -2.62. The fourth-order valence-corrected chi connectivity index (χ4v) is 7.65. The van der Waals surface area contributed by atoms with Gasteiger partial charge in [0, 0.05) is 42.3 Å². The first kappa shape index (κ1) is 29.7. The third-order valence-electron chi connectivity index (χ3n) is 10.6. The van der Waals surface area contributed by atoms with Crippen molar-refractivity contribution in [3.63, 3.8) is 0 Å². The van der Waals surface area contributed by atoms with Crippen LogP contribution in [0.25, 0.3) is 0 Å². The number of methoxy groups -OCH3 is 1. The number of anilines is 4. The molecule has 1 spiro atoms. The van der Waals surface area contributed by atoms with Crippen LogP contribution in [0.15, 0.2) is 24.4 Å².